The molecule has 2 atom stereocenters. The Labute approximate surface area is 138 Å². The highest BCUT2D eigenvalue weighted by Gasteiger charge is 2.53. The Balaban J connectivity index is 2.14. The molecule has 3 rings (SSSR count). The number of para-hydroxylation sites is 1. The number of ether oxygens (including phenoxy) is 1. The summed E-state index contributed by atoms with van der Waals surface area (Å²) in [5, 5.41) is 11.7. The van der Waals surface area contributed by atoms with Gasteiger partial charge in [0.15, 0.2) is 0 Å². The Morgan fingerprint density at radius 1 is 1.22 bits per heavy atom. The fourth-order valence-corrected chi connectivity index (χ4v) is 3.22. The van der Waals surface area contributed by atoms with Crippen LogP contribution >= 0.6 is 11.6 Å². The van der Waals surface area contributed by atoms with Gasteiger partial charge in [-0.3, -0.25) is 14.9 Å². The van der Waals surface area contributed by atoms with Crippen LogP contribution in [-0.4, -0.2) is 17.4 Å². The molecule has 0 amide bonds. The van der Waals surface area contributed by atoms with E-state index in [2.05, 4.69) is 0 Å². The number of benzene rings is 2. The van der Waals surface area contributed by atoms with E-state index in [0.29, 0.717) is 21.9 Å². The molecule has 0 spiro atoms. The molecule has 2 aromatic carbocycles. The Hall–Kier alpha value is -2.40. The van der Waals surface area contributed by atoms with Crippen molar-refractivity contribution in [1.29, 1.82) is 0 Å². The lowest BCUT2D eigenvalue weighted by molar-refractivity contribution is -0.484. The van der Waals surface area contributed by atoms with Crippen LogP contribution in [0.4, 0.5) is 0 Å². The second-order valence-electron chi connectivity index (χ2n) is 5.71. The van der Waals surface area contributed by atoms with Crippen molar-refractivity contribution in [3.05, 3.63) is 74.8 Å². The largest absolute Gasteiger partial charge is 0.426 e. The normalized spacial score (nSPS) is 20.7. The molecule has 23 heavy (non-hydrogen) atoms. The quantitative estimate of drug-likeness (QED) is 0.371. The Kier molecular flexibility index (Phi) is 3.82. The number of nitro groups is 1. The maximum Gasteiger partial charge on any atom is 0.322 e. The number of nitrogens with zero attached hydrogens (tertiary/aromatic N) is 1. The fourth-order valence-electron chi connectivity index (χ4n) is 3.10. The van der Waals surface area contributed by atoms with Gasteiger partial charge in [0.25, 0.3) is 0 Å². The third kappa shape index (κ3) is 2.57. The van der Waals surface area contributed by atoms with Crippen LogP contribution < -0.4 is 4.74 Å². The summed E-state index contributed by atoms with van der Waals surface area (Å²) in [6.07, 6.45) is 0. The van der Waals surface area contributed by atoms with Gasteiger partial charge in [-0.05, 0) is 30.7 Å². The van der Waals surface area contributed by atoms with Crippen LogP contribution in [0.15, 0.2) is 48.5 Å². The van der Waals surface area contributed by atoms with Crippen molar-refractivity contribution in [3.8, 4) is 5.75 Å². The summed E-state index contributed by atoms with van der Waals surface area (Å²) < 4.78 is 5.34. The first-order valence-electron chi connectivity index (χ1n) is 7.12. The van der Waals surface area contributed by atoms with Gasteiger partial charge < -0.3 is 4.74 Å². The number of hydrogen-bond acceptors (Lipinski definition) is 4. The van der Waals surface area contributed by atoms with E-state index in [1.807, 2.05) is 0 Å². The van der Waals surface area contributed by atoms with E-state index in [-0.39, 0.29) is 6.54 Å². The van der Waals surface area contributed by atoms with Crippen molar-refractivity contribution in [2.75, 3.05) is 6.54 Å². The lowest BCUT2D eigenvalue weighted by Gasteiger charge is -2.28. The fraction of sp³-hybridized carbons (Fsp3) is 0.235. The zero-order chi connectivity index (χ0) is 16.6. The molecule has 0 aliphatic carbocycles. The molecule has 1 aliphatic rings. The van der Waals surface area contributed by atoms with Crippen LogP contribution in [-0.2, 0) is 10.2 Å². The van der Waals surface area contributed by atoms with Gasteiger partial charge >= 0.3 is 5.97 Å². The second-order valence-corrected chi connectivity index (χ2v) is 6.14. The predicted molar refractivity (Wildman–Crippen MR) is 85.5 cm³/mol. The molecule has 0 aromatic heterocycles. The summed E-state index contributed by atoms with van der Waals surface area (Å²) in [7, 11) is 0. The monoisotopic (exact) mass is 331 g/mol. The van der Waals surface area contributed by atoms with Crippen molar-refractivity contribution in [2.45, 2.75) is 18.3 Å². The summed E-state index contributed by atoms with van der Waals surface area (Å²) in [5.41, 5.74) is 0.242. The molecule has 0 saturated carbocycles. The van der Waals surface area contributed by atoms with Crippen LogP contribution in [0, 0.1) is 10.1 Å². The predicted octanol–water partition coefficient (Wildman–Crippen LogP) is 3.58. The van der Waals surface area contributed by atoms with E-state index < -0.39 is 22.2 Å². The molecule has 0 saturated heterocycles. The van der Waals surface area contributed by atoms with Crippen LogP contribution in [0.2, 0.25) is 5.02 Å². The summed E-state index contributed by atoms with van der Waals surface area (Å²) >= 11 is 5.90. The maximum atomic E-state index is 12.5. The average Bonchev–Trinajstić information content (AvgIpc) is 2.78. The van der Waals surface area contributed by atoms with Crippen molar-refractivity contribution in [2.24, 2.45) is 0 Å². The van der Waals surface area contributed by atoms with Gasteiger partial charge in [-0.25, -0.2) is 0 Å². The molecule has 1 heterocycles. The minimum Gasteiger partial charge on any atom is -0.426 e. The van der Waals surface area contributed by atoms with Crippen LogP contribution in [0.3, 0.4) is 0 Å². The van der Waals surface area contributed by atoms with Crippen LogP contribution in [0.25, 0.3) is 0 Å². The summed E-state index contributed by atoms with van der Waals surface area (Å²) in [6, 6.07) is 13.8. The lowest BCUT2D eigenvalue weighted by Crippen LogP contribution is -2.40. The first-order valence-corrected chi connectivity index (χ1v) is 7.50. The first kappa shape index (κ1) is 15.5. The average molecular weight is 332 g/mol. The van der Waals surface area contributed by atoms with E-state index in [1.165, 1.54) is 0 Å². The molecule has 6 heteroatoms. The van der Waals surface area contributed by atoms with Crippen LogP contribution in [0.5, 0.6) is 5.75 Å². The number of rotatable bonds is 4. The molecule has 1 aliphatic heterocycles. The number of fused-ring (bicyclic) bond motifs is 1. The third-order valence-electron chi connectivity index (χ3n) is 4.37. The molecule has 0 fully saturated rings. The SMILES string of the molecule is C[C@]1([C@H](C[N+](=O)[O-])c2ccc(Cl)cc2)C(=O)Oc2ccccc21. The van der Waals surface area contributed by atoms with Gasteiger partial charge in [0.05, 0.1) is 5.92 Å². The second kappa shape index (κ2) is 5.66. The standard InChI is InChI=1S/C17H14ClNO4/c1-17(13-4-2-3-5-15(13)23-16(17)20)14(10-19(21)22)11-6-8-12(18)9-7-11/h2-9,14H,10H2,1H3/t14-,17+/m1/s1. The topological polar surface area (TPSA) is 69.4 Å². The van der Waals surface area contributed by atoms with E-state index in [9.17, 15) is 14.9 Å². The molecule has 118 valence electrons. The molecule has 5 nitrogen and oxygen atoms in total. The highest BCUT2D eigenvalue weighted by molar-refractivity contribution is 6.30. The van der Waals surface area contributed by atoms with Gasteiger partial charge in [0, 0.05) is 15.5 Å². The zero-order valence-corrected chi connectivity index (χ0v) is 13.1. The molecule has 0 unspecified atom stereocenters. The molecule has 0 bridgehead atoms. The smallest absolute Gasteiger partial charge is 0.322 e. The molecular formula is C17H14ClNO4. The Morgan fingerprint density at radius 3 is 2.52 bits per heavy atom. The maximum absolute atomic E-state index is 12.5. The van der Waals surface area contributed by atoms with E-state index in [0.717, 1.165) is 0 Å². The van der Waals surface area contributed by atoms with Crippen molar-refractivity contribution in [3.63, 3.8) is 0 Å². The highest BCUT2D eigenvalue weighted by Crippen LogP contribution is 2.48. The number of carbonyl (C=O) groups excluding carboxylic acids is 1. The first-order chi connectivity index (χ1) is 10.9. The lowest BCUT2D eigenvalue weighted by atomic mass is 9.69. The number of esters is 1. The summed E-state index contributed by atoms with van der Waals surface area (Å²) in [5.74, 6) is -0.659. The molecule has 0 N–H and O–H groups in total. The zero-order valence-electron chi connectivity index (χ0n) is 12.4. The number of hydrogen-bond donors (Lipinski definition) is 0. The van der Waals surface area contributed by atoms with E-state index in [4.69, 9.17) is 16.3 Å². The Morgan fingerprint density at radius 2 is 1.87 bits per heavy atom. The van der Waals surface area contributed by atoms with Gasteiger partial charge in [-0.1, -0.05) is 41.9 Å². The molecule has 0 radical (unpaired) electrons. The number of halogens is 1. The van der Waals surface area contributed by atoms with Gasteiger partial charge in [0.1, 0.15) is 11.2 Å². The molecular weight excluding hydrogens is 318 g/mol. The van der Waals surface area contributed by atoms with E-state index >= 15 is 0 Å². The van der Waals surface area contributed by atoms with Crippen molar-refractivity contribution < 1.29 is 14.5 Å². The van der Waals surface area contributed by atoms with Gasteiger partial charge in [0.2, 0.25) is 6.54 Å². The summed E-state index contributed by atoms with van der Waals surface area (Å²) in [6.45, 7) is 1.32. The number of carbonyl (C=O) groups is 1. The van der Waals surface area contributed by atoms with Gasteiger partial charge in [-0.15, -0.1) is 0 Å². The van der Waals surface area contributed by atoms with Crippen molar-refractivity contribution in [1.82, 2.24) is 0 Å². The minimum absolute atomic E-state index is 0.373. The van der Waals surface area contributed by atoms with E-state index in [1.54, 1.807) is 55.5 Å². The summed E-state index contributed by atoms with van der Waals surface area (Å²) in [4.78, 5) is 23.3. The van der Waals surface area contributed by atoms with Gasteiger partial charge in [-0.2, -0.15) is 0 Å². The Bertz CT molecular complexity index is 774. The van der Waals surface area contributed by atoms with Crippen LogP contribution in [0.1, 0.15) is 24.0 Å². The molecule has 2 aromatic rings. The van der Waals surface area contributed by atoms with Crippen molar-refractivity contribution >= 4 is 17.6 Å². The highest BCUT2D eigenvalue weighted by atomic mass is 35.5. The minimum atomic E-state index is -1.11. The third-order valence-corrected chi connectivity index (χ3v) is 4.63.